The van der Waals surface area contributed by atoms with Gasteiger partial charge < -0.3 is 10.1 Å². The minimum Gasteiger partial charge on any atom is -0.449 e. The fourth-order valence-electron chi connectivity index (χ4n) is 3.40. The van der Waals surface area contributed by atoms with Crippen molar-refractivity contribution in [2.45, 2.75) is 39.3 Å². The Bertz CT molecular complexity index is 1050. The summed E-state index contributed by atoms with van der Waals surface area (Å²) >= 11 is 0. The number of nitrogens with one attached hydrogen (secondary N) is 1. The Kier molecular flexibility index (Phi) is 5.66. The van der Waals surface area contributed by atoms with Crippen LogP contribution in [0.5, 0.6) is 0 Å². The summed E-state index contributed by atoms with van der Waals surface area (Å²) < 4.78 is 30.7. The van der Waals surface area contributed by atoms with Crippen molar-refractivity contribution in [1.29, 1.82) is 0 Å². The number of aryl methyl sites for hydroxylation is 1. The lowest BCUT2D eigenvalue weighted by Crippen LogP contribution is -2.34. The topological polar surface area (TPSA) is 92.8 Å². The summed E-state index contributed by atoms with van der Waals surface area (Å²) in [5.74, 6) is -1.06. The van der Waals surface area contributed by atoms with Crippen LogP contribution in [0.1, 0.15) is 35.3 Å². The number of nitrogens with zero attached hydrogens (tertiary/aromatic N) is 1. The molecule has 0 unspecified atom stereocenters. The van der Waals surface area contributed by atoms with E-state index in [0.29, 0.717) is 17.8 Å². The molecule has 2 aromatic rings. The number of carbonyl (C=O) groups excluding carboxylic acids is 2. The van der Waals surface area contributed by atoms with E-state index in [1.165, 1.54) is 17.3 Å². The molecule has 1 heterocycles. The predicted molar refractivity (Wildman–Crippen MR) is 112 cm³/mol. The zero-order chi connectivity index (χ0) is 21.3. The zero-order valence-corrected chi connectivity index (χ0v) is 17.6. The van der Waals surface area contributed by atoms with Crippen molar-refractivity contribution >= 4 is 33.3 Å². The SMILES string of the molecule is Cc1ccc(NC(=O)[C@@H](C)OC(=O)c2ccc3c(c2)C[C@H](C)N3S(C)(=O)=O)cc1. The minimum absolute atomic E-state index is 0.217. The van der Waals surface area contributed by atoms with Gasteiger partial charge in [0, 0.05) is 11.7 Å². The molecule has 154 valence electrons. The molecule has 0 fully saturated rings. The Morgan fingerprint density at radius 1 is 1.17 bits per heavy atom. The van der Waals surface area contributed by atoms with Gasteiger partial charge in [-0.1, -0.05) is 17.7 Å². The molecule has 1 N–H and O–H groups in total. The molecular formula is C21H24N2O5S. The first-order chi connectivity index (χ1) is 13.6. The summed E-state index contributed by atoms with van der Waals surface area (Å²) in [5, 5.41) is 2.71. The second kappa shape index (κ2) is 7.87. The van der Waals surface area contributed by atoms with Gasteiger partial charge in [0.05, 0.1) is 17.5 Å². The van der Waals surface area contributed by atoms with E-state index in [1.54, 1.807) is 24.3 Å². The van der Waals surface area contributed by atoms with Gasteiger partial charge in [0.25, 0.3) is 5.91 Å². The van der Waals surface area contributed by atoms with E-state index in [9.17, 15) is 18.0 Å². The molecule has 3 rings (SSSR count). The van der Waals surface area contributed by atoms with Crippen molar-refractivity contribution in [2.24, 2.45) is 0 Å². The molecule has 29 heavy (non-hydrogen) atoms. The highest BCUT2D eigenvalue weighted by Gasteiger charge is 2.33. The number of esters is 1. The van der Waals surface area contributed by atoms with Gasteiger partial charge in [0.1, 0.15) is 0 Å². The Labute approximate surface area is 170 Å². The van der Waals surface area contributed by atoms with E-state index in [4.69, 9.17) is 4.74 Å². The molecule has 2 aromatic carbocycles. The molecule has 2 atom stereocenters. The second-order valence-corrected chi connectivity index (χ2v) is 9.22. The van der Waals surface area contributed by atoms with Gasteiger partial charge in [-0.25, -0.2) is 13.2 Å². The normalized spacial score (nSPS) is 16.8. The van der Waals surface area contributed by atoms with E-state index >= 15 is 0 Å². The minimum atomic E-state index is -3.40. The van der Waals surface area contributed by atoms with Crippen LogP contribution in [0.3, 0.4) is 0 Å². The van der Waals surface area contributed by atoms with E-state index in [0.717, 1.165) is 17.4 Å². The van der Waals surface area contributed by atoms with E-state index in [1.807, 2.05) is 26.0 Å². The van der Waals surface area contributed by atoms with Crippen molar-refractivity contribution in [1.82, 2.24) is 0 Å². The van der Waals surface area contributed by atoms with Crippen molar-refractivity contribution in [3.05, 3.63) is 59.2 Å². The quantitative estimate of drug-likeness (QED) is 0.757. The number of sulfonamides is 1. The lowest BCUT2D eigenvalue weighted by atomic mass is 10.1. The maximum Gasteiger partial charge on any atom is 0.338 e. The lowest BCUT2D eigenvalue weighted by molar-refractivity contribution is -0.123. The fraction of sp³-hybridized carbons (Fsp3) is 0.333. The maximum atomic E-state index is 12.5. The van der Waals surface area contributed by atoms with Crippen LogP contribution in [0, 0.1) is 6.92 Å². The van der Waals surface area contributed by atoms with Gasteiger partial charge in [-0.15, -0.1) is 0 Å². The van der Waals surface area contributed by atoms with Gasteiger partial charge in [0.2, 0.25) is 10.0 Å². The van der Waals surface area contributed by atoms with Crippen molar-refractivity contribution in [2.75, 3.05) is 15.9 Å². The number of benzene rings is 2. The molecule has 1 aliphatic rings. The molecule has 1 aliphatic heterocycles. The van der Waals surface area contributed by atoms with Crippen molar-refractivity contribution < 1.29 is 22.7 Å². The van der Waals surface area contributed by atoms with Gasteiger partial charge >= 0.3 is 5.97 Å². The van der Waals surface area contributed by atoms with Crippen LogP contribution >= 0.6 is 0 Å². The summed E-state index contributed by atoms with van der Waals surface area (Å²) in [4.78, 5) is 24.8. The summed E-state index contributed by atoms with van der Waals surface area (Å²) in [6.45, 7) is 5.27. The number of anilines is 2. The highest BCUT2D eigenvalue weighted by molar-refractivity contribution is 7.92. The average Bonchev–Trinajstić information content (AvgIpc) is 2.98. The van der Waals surface area contributed by atoms with Crippen LogP contribution in [-0.2, 0) is 26.0 Å². The van der Waals surface area contributed by atoms with Crippen LogP contribution in [0.25, 0.3) is 0 Å². The first-order valence-electron chi connectivity index (χ1n) is 9.27. The van der Waals surface area contributed by atoms with Gasteiger partial charge in [-0.3, -0.25) is 9.10 Å². The lowest BCUT2D eigenvalue weighted by Gasteiger charge is -2.22. The van der Waals surface area contributed by atoms with E-state index < -0.39 is 28.0 Å². The Morgan fingerprint density at radius 2 is 1.83 bits per heavy atom. The summed E-state index contributed by atoms with van der Waals surface area (Å²) in [6, 6.07) is 11.8. The average molecular weight is 416 g/mol. The van der Waals surface area contributed by atoms with E-state index in [-0.39, 0.29) is 11.6 Å². The first kappa shape index (κ1) is 20.9. The standard InChI is InChI=1S/C21H24N2O5S/c1-13-5-8-18(9-6-13)22-20(24)15(3)28-21(25)16-7-10-19-17(12-16)11-14(2)23(19)29(4,26)27/h5-10,12,14-15H,11H2,1-4H3,(H,22,24)/t14-,15+/m0/s1. The van der Waals surface area contributed by atoms with Crippen LogP contribution in [0.2, 0.25) is 0 Å². The molecular weight excluding hydrogens is 392 g/mol. The van der Waals surface area contributed by atoms with Crippen LogP contribution in [0.15, 0.2) is 42.5 Å². The molecule has 1 amide bonds. The van der Waals surface area contributed by atoms with Gasteiger partial charge in [-0.05, 0) is 63.1 Å². The van der Waals surface area contributed by atoms with Crippen molar-refractivity contribution in [3.8, 4) is 0 Å². The fourth-order valence-corrected chi connectivity index (χ4v) is 4.66. The van der Waals surface area contributed by atoms with Crippen LogP contribution < -0.4 is 9.62 Å². The van der Waals surface area contributed by atoms with Crippen molar-refractivity contribution in [3.63, 3.8) is 0 Å². The zero-order valence-electron chi connectivity index (χ0n) is 16.8. The molecule has 0 saturated heterocycles. The molecule has 0 aliphatic carbocycles. The number of ether oxygens (including phenoxy) is 1. The number of carbonyl (C=O) groups is 2. The Hall–Kier alpha value is -2.87. The number of fused-ring (bicyclic) bond motifs is 1. The summed E-state index contributed by atoms with van der Waals surface area (Å²) in [5.41, 5.74) is 3.30. The summed E-state index contributed by atoms with van der Waals surface area (Å²) in [7, 11) is -3.40. The monoisotopic (exact) mass is 416 g/mol. The maximum absolute atomic E-state index is 12.5. The smallest absolute Gasteiger partial charge is 0.338 e. The molecule has 0 bridgehead atoms. The first-order valence-corrected chi connectivity index (χ1v) is 11.1. The number of amides is 1. The largest absolute Gasteiger partial charge is 0.449 e. The predicted octanol–water partition coefficient (Wildman–Crippen LogP) is 2.89. The molecule has 0 spiro atoms. The van der Waals surface area contributed by atoms with Crippen LogP contribution in [0.4, 0.5) is 11.4 Å². The molecule has 0 aromatic heterocycles. The second-order valence-electron chi connectivity index (χ2n) is 7.36. The number of rotatable bonds is 5. The number of hydrogen-bond acceptors (Lipinski definition) is 5. The third-order valence-corrected chi connectivity index (χ3v) is 6.07. The van der Waals surface area contributed by atoms with Gasteiger partial charge in [-0.2, -0.15) is 0 Å². The van der Waals surface area contributed by atoms with Gasteiger partial charge in [0.15, 0.2) is 6.10 Å². The summed E-state index contributed by atoms with van der Waals surface area (Å²) in [6.07, 6.45) is 0.686. The Balaban J connectivity index is 1.69. The molecule has 0 radical (unpaired) electrons. The molecule has 7 nitrogen and oxygen atoms in total. The van der Waals surface area contributed by atoms with E-state index in [2.05, 4.69) is 5.32 Å². The highest BCUT2D eigenvalue weighted by Crippen LogP contribution is 2.34. The third-order valence-electron chi connectivity index (χ3n) is 4.80. The number of hydrogen-bond donors (Lipinski definition) is 1. The van der Waals surface area contributed by atoms with Crippen LogP contribution in [-0.4, -0.2) is 38.7 Å². The Morgan fingerprint density at radius 3 is 2.45 bits per heavy atom. The third kappa shape index (κ3) is 4.59. The molecule has 0 saturated carbocycles. The highest BCUT2D eigenvalue weighted by atomic mass is 32.2. The molecule has 8 heteroatoms.